The minimum Gasteiger partial charge on any atom is -0.0845 e. The molecule has 0 aliphatic heterocycles. The van der Waals surface area contributed by atoms with Gasteiger partial charge in [-0.3, -0.25) is 0 Å². The zero-order valence-corrected chi connectivity index (χ0v) is 19.9. The Hall–Kier alpha value is -0.520. The Morgan fingerprint density at radius 1 is 0.357 bits per heavy atom. The van der Waals surface area contributed by atoms with E-state index in [1.807, 2.05) is 0 Å². The molecule has 0 aromatic carbocycles. The average molecular weight is 389 g/mol. The summed E-state index contributed by atoms with van der Waals surface area (Å²) in [6.07, 6.45) is 32.9. The van der Waals surface area contributed by atoms with Gasteiger partial charge in [-0.1, -0.05) is 129 Å². The van der Waals surface area contributed by atoms with Gasteiger partial charge < -0.3 is 0 Å². The van der Waals surface area contributed by atoms with Crippen molar-refractivity contribution in [2.24, 2.45) is 23.7 Å². The van der Waals surface area contributed by atoms with Crippen molar-refractivity contribution in [1.82, 2.24) is 0 Å². The van der Waals surface area contributed by atoms with Gasteiger partial charge in [0, 0.05) is 0 Å². The SMILES string of the molecule is CCCCC[C@H]1C=C[C@@H](CCCCC)[C@@H](CCCCC)C=C[C@H]1CCCCC. The van der Waals surface area contributed by atoms with Crippen LogP contribution < -0.4 is 0 Å². The molecule has 0 bridgehead atoms. The fourth-order valence-corrected chi connectivity index (χ4v) is 4.90. The highest BCUT2D eigenvalue weighted by Crippen LogP contribution is 2.35. The number of allylic oxidation sites excluding steroid dienone is 4. The molecule has 0 saturated carbocycles. The highest BCUT2D eigenvalue weighted by Gasteiger charge is 2.23. The second kappa shape index (κ2) is 17.3. The molecule has 0 heterocycles. The Bertz CT molecular complexity index is 317. The first-order chi connectivity index (χ1) is 13.8. The molecule has 0 radical (unpaired) electrons. The summed E-state index contributed by atoms with van der Waals surface area (Å²) in [5.41, 5.74) is 0. The Balaban J connectivity index is 2.85. The Labute approximate surface area is 178 Å². The maximum absolute atomic E-state index is 2.68. The Morgan fingerprint density at radius 2 is 0.571 bits per heavy atom. The van der Waals surface area contributed by atoms with Crippen molar-refractivity contribution >= 4 is 0 Å². The van der Waals surface area contributed by atoms with Crippen molar-refractivity contribution in [2.75, 3.05) is 0 Å². The van der Waals surface area contributed by atoms with Crippen LogP contribution in [0.5, 0.6) is 0 Å². The predicted octanol–water partition coefficient (Wildman–Crippen LogP) is 9.90. The quantitative estimate of drug-likeness (QED) is 0.182. The molecule has 0 fully saturated rings. The van der Waals surface area contributed by atoms with Crippen LogP contribution in [0.2, 0.25) is 0 Å². The fourth-order valence-electron chi connectivity index (χ4n) is 4.90. The lowest BCUT2D eigenvalue weighted by Crippen LogP contribution is -2.18. The van der Waals surface area contributed by atoms with E-state index in [-0.39, 0.29) is 0 Å². The largest absolute Gasteiger partial charge is 0.0845 e. The molecule has 1 aliphatic rings. The lowest BCUT2D eigenvalue weighted by molar-refractivity contribution is 0.354. The first-order valence-corrected chi connectivity index (χ1v) is 13.1. The van der Waals surface area contributed by atoms with Crippen LogP contribution in [0.4, 0.5) is 0 Å². The monoisotopic (exact) mass is 388 g/mol. The van der Waals surface area contributed by atoms with Crippen molar-refractivity contribution in [2.45, 2.75) is 130 Å². The zero-order valence-electron chi connectivity index (χ0n) is 19.9. The second-order valence-corrected chi connectivity index (χ2v) is 9.41. The van der Waals surface area contributed by atoms with Crippen LogP contribution in [0.1, 0.15) is 130 Å². The van der Waals surface area contributed by atoms with Gasteiger partial charge in [0.1, 0.15) is 0 Å². The van der Waals surface area contributed by atoms with E-state index in [0.29, 0.717) is 0 Å². The van der Waals surface area contributed by atoms with Gasteiger partial charge in [-0.15, -0.1) is 0 Å². The molecule has 0 heteroatoms. The van der Waals surface area contributed by atoms with E-state index < -0.39 is 0 Å². The van der Waals surface area contributed by atoms with Gasteiger partial charge in [0.2, 0.25) is 0 Å². The van der Waals surface area contributed by atoms with E-state index in [1.54, 1.807) is 0 Å². The van der Waals surface area contributed by atoms with Crippen LogP contribution in [-0.4, -0.2) is 0 Å². The third-order valence-electron chi connectivity index (χ3n) is 6.87. The van der Waals surface area contributed by atoms with E-state index in [0.717, 1.165) is 23.7 Å². The van der Waals surface area contributed by atoms with Gasteiger partial charge in [-0.05, 0) is 49.4 Å². The maximum Gasteiger partial charge on any atom is -0.0170 e. The zero-order chi connectivity index (χ0) is 20.5. The van der Waals surface area contributed by atoms with E-state index in [9.17, 15) is 0 Å². The number of rotatable bonds is 16. The molecule has 0 nitrogen and oxygen atoms in total. The van der Waals surface area contributed by atoms with Crippen molar-refractivity contribution < 1.29 is 0 Å². The summed E-state index contributed by atoms with van der Waals surface area (Å²) in [6.45, 7) is 9.32. The molecule has 0 spiro atoms. The normalized spacial score (nSPS) is 25.0. The van der Waals surface area contributed by atoms with Gasteiger partial charge in [0.25, 0.3) is 0 Å². The summed E-state index contributed by atoms with van der Waals surface area (Å²) < 4.78 is 0. The molecular weight excluding hydrogens is 336 g/mol. The van der Waals surface area contributed by atoms with E-state index in [4.69, 9.17) is 0 Å². The number of hydrogen-bond donors (Lipinski definition) is 0. The van der Waals surface area contributed by atoms with Gasteiger partial charge in [-0.2, -0.15) is 0 Å². The first-order valence-electron chi connectivity index (χ1n) is 13.1. The van der Waals surface area contributed by atoms with Crippen LogP contribution in [0, 0.1) is 23.7 Å². The van der Waals surface area contributed by atoms with Crippen molar-refractivity contribution in [3.05, 3.63) is 24.3 Å². The highest BCUT2D eigenvalue weighted by atomic mass is 14.3. The van der Waals surface area contributed by atoms with E-state index >= 15 is 0 Å². The summed E-state index contributed by atoms with van der Waals surface area (Å²) in [5, 5.41) is 0. The molecule has 0 saturated heterocycles. The van der Waals surface area contributed by atoms with Gasteiger partial charge in [0.05, 0.1) is 0 Å². The lowest BCUT2D eigenvalue weighted by atomic mass is 9.76. The van der Waals surface area contributed by atoms with Gasteiger partial charge >= 0.3 is 0 Å². The molecule has 164 valence electrons. The average Bonchev–Trinajstić information content (AvgIpc) is 2.69. The van der Waals surface area contributed by atoms with Gasteiger partial charge in [-0.25, -0.2) is 0 Å². The molecule has 1 rings (SSSR count). The maximum atomic E-state index is 2.68. The van der Waals surface area contributed by atoms with E-state index in [2.05, 4.69) is 52.0 Å². The summed E-state index contributed by atoms with van der Waals surface area (Å²) in [5.74, 6) is 3.13. The molecule has 0 aromatic heterocycles. The van der Waals surface area contributed by atoms with Crippen LogP contribution in [0.3, 0.4) is 0 Å². The molecular formula is C28H52. The number of unbranched alkanes of at least 4 members (excludes halogenated alkanes) is 8. The highest BCUT2D eigenvalue weighted by molar-refractivity contribution is 5.09. The minimum absolute atomic E-state index is 0.782. The Morgan fingerprint density at radius 3 is 0.750 bits per heavy atom. The lowest BCUT2D eigenvalue weighted by Gasteiger charge is -2.29. The second-order valence-electron chi connectivity index (χ2n) is 9.41. The molecule has 4 atom stereocenters. The molecule has 28 heavy (non-hydrogen) atoms. The third-order valence-corrected chi connectivity index (χ3v) is 6.87. The summed E-state index contributed by atoms with van der Waals surface area (Å²) in [6, 6.07) is 0. The topological polar surface area (TPSA) is 0 Å². The summed E-state index contributed by atoms with van der Waals surface area (Å²) in [7, 11) is 0. The summed E-state index contributed by atoms with van der Waals surface area (Å²) in [4.78, 5) is 0. The number of hydrogen-bond acceptors (Lipinski definition) is 0. The molecule has 0 aromatic rings. The smallest absolute Gasteiger partial charge is 0.0170 e. The van der Waals surface area contributed by atoms with E-state index in [1.165, 1.54) is 103 Å². The van der Waals surface area contributed by atoms with Crippen LogP contribution in [0.25, 0.3) is 0 Å². The third kappa shape index (κ3) is 10.9. The molecule has 0 N–H and O–H groups in total. The van der Waals surface area contributed by atoms with Crippen LogP contribution in [0.15, 0.2) is 24.3 Å². The first kappa shape index (κ1) is 25.5. The predicted molar refractivity (Wildman–Crippen MR) is 129 cm³/mol. The molecule has 0 unspecified atom stereocenters. The van der Waals surface area contributed by atoms with Crippen LogP contribution in [-0.2, 0) is 0 Å². The molecule has 0 amide bonds. The fraction of sp³-hybridized carbons (Fsp3) is 0.857. The standard InChI is InChI=1S/C28H52/c1-5-9-13-17-25-21-22-27(19-15-11-7-3)28(20-16-12-8-4)24-23-26(25)18-14-10-6-2/h21-28H,5-20H2,1-4H3/t25-,26+,27+,28-. The van der Waals surface area contributed by atoms with Gasteiger partial charge in [0.15, 0.2) is 0 Å². The Kier molecular flexibility index (Phi) is 15.8. The minimum atomic E-state index is 0.782. The summed E-state index contributed by atoms with van der Waals surface area (Å²) >= 11 is 0. The van der Waals surface area contributed by atoms with Crippen molar-refractivity contribution in [3.8, 4) is 0 Å². The van der Waals surface area contributed by atoms with Crippen molar-refractivity contribution in [3.63, 3.8) is 0 Å². The van der Waals surface area contributed by atoms with Crippen molar-refractivity contribution in [1.29, 1.82) is 0 Å². The molecule has 1 aliphatic carbocycles. The van der Waals surface area contributed by atoms with Crippen LogP contribution >= 0.6 is 0 Å².